The van der Waals surface area contributed by atoms with E-state index >= 15 is 0 Å². The van der Waals surface area contributed by atoms with Crippen LogP contribution in [0, 0.1) is 20.8 Å². The first-order valence-electron chi connectivity index (χ1n) is 10.8. The van der Waals surface area contributed by atoms with Crippen molar-refractivity contribution in [2.24, 2.45) is 0 Å². The fourth-order valence-corrected chi connectivity index (χ4v) is 5.19. The molecule has 3 aromatic carbocycles. The third kappa shape index (κ3) is 6.21. The number of anilines is 1. The molecule has 0 aliphatic carbocycles. The van der Waals surface area contributed by atoms with Crippen LogP contribution in [0.2, 0.25) is 0 Å². The minimum Gasteiger partial charge on any atom is -0.497 e. The van der Waals surface area contributed by atoms with Gasteiger partial charge in [-0.1, -0.05) is 48.0 Å². The number of hydrogen-bond acceptors (Lipinski definition) is 4. The number of rotatable bonds is 9. The molecular formula is C26H30N2O4S. The molecule has 0 heterocycles. The molecule has 1 amide bonds. The van der Waals surface area contributed by atoms with E-state index in [0.717, 1.165) is 27.9 Å². The van der Waals surface area contributed by atoms with Gasteiger partial charge in [0.1, 0.15) is 5.75 Å². The molecular weight excluding hydrogens is 436 g/mol. The minimum absolute atomic E-state index is 0.117. The van der Waals surface area contributed by atoms with Crippen LogP contribution in [0.25, 0.3) is 0 Å². The second-order valence-corrected chi connectivity index (χ2v) is 10.0. The fraction of sp³-hybridized carbons (Fsp3) is 0.269. The van der Waals surface area contributed by atoms with Crippen molar-refractivity contribution < 1.29 is 17.9 Å². The van der Waals surface area contributed by atoms with Gasteiger partial charge in [-0.05, 0) is 68.1 Å². The van der Waals surface area contributed by atoms with Crippen molar-refractivity contribution in [3.63, 3.8) is 0 Å². The smallest absolute Gasteiger partial charge is 0.243 e. The molecule has 0 radical (unpaired) electrons. The number of aryl methyl sites for hydroxylation is 3. The van der Waals surface area contributed by atoms with E-state index in [4.69, 9.17) is 4.74 Å². The number of benzene rings is 3. The summed E-state index contributed by atoms with van der Waals surface area (Å²) in [4.78, 5) is 13.1. The van der Waals surface area contributed by atoms with E-state index < -0.39 is 10.0 Å². The standard InChI is InChI=1S/C26H30N2O4S/c1-19-16-20(2)26(21(3)17-19)27-25(29)18-28(15-14-22-8-6-5-7-9-22)33(30,31)24-12-10-23(32-4)11-13-24/h5-13,16-17H,14-15,18H2,1-4H3,(H,27,29). The lowest BCUT2D eigenvalue weighted by atomic mass is 10.1. The second-order valence-electron chi connectivity index (χ2n) is 8.07. The number of carbonyl (C=O) groups excluding carboxylic acids is 1. The lowest BCUT2D eigenvalue weighted by molar-refractivity contribution is -0.116. The number of ether oxygens (including phenoxy) is 1. The Morgan fingerprint density at radius 3 is 2.12 bits per heavy atom. The average molecular weight is 467 g/mol. The summed E-state index contributed by atoms with van der Waals surface area (Å²) in [5.74, 6) is 0.183. The summed E-state index contributed by atoms with van der Waals surface area (Å²) in [6, 6.07) is 19.8. The van der Waals surface area contributed by atoms with Crippen LogP contribution in [0.15, 0.2) is 71.6 Å². The van der Waals surface area contributed by atoms with E-state index in [1.54, 1.807) is 12.1 Å². The quantitative estimate of drug-likeness (QED) is 0.504. The summed E-state index contributed by atoms with van der Waals surface area (Å²) in [6.07, 6.45) is 0.492. The molecule has 0 fully saturated rings. The highest BCUT2D eigenvalue weighted by Crippen LogP contribution is 2.23. The molecule has 33 heavy (non-hydrogen) atoms. The molecule has 0 saturated carbocycles. The molecule has 0 saturated heterocycles. The second kappa shape index (κ2) is 10.6. The summed E-state index contributed by atoms with van der Waals surface area (Å²) in [5, 5.41) is 2.91. The SMILES string of the molecule is COc1ccc(S(=O)(=O)N(CCc2ccccc2)CC(=O)Nc2c(C)cc(C)cc2C)cc1. The van der Waals surface area contributed by atoms with Crippen molar-refractivity contribution in [2.75, 3.05) is 25.5 Å². The zero-order valence-corrected chi connectivity index (χ0v) is 20.3. The summed E-state index contributed by atoms with van der Waals surface area (Å²) in [6.45, 7) is 5.75. The Labute approximate surface area is 196 Å². The van der Waals surface area contributed by atoms with E-state index in [1.165, 1.54) is 23.5 Å². The van der Waals surface area contributed by atoms with E-state index in [0.29, 0.717) is 12.2 Å². The molecule has 0 aliphatic rings. The Kier molecular flexibility index (Phi) is 7.89. The van der Waals surface area contributed by atoms with Crippen LogP contribution < -0.4 is 10.1 Å². The molecule has 0 atom stereocenters. The highest BCUT2D eigenvalue weighted by atomic mass is 32.2. The largest absolute Gasteiger partial charge is 0.497 e. The van der Waals surface area contributed by atoms with Crippen molar-refractivity contribution in [2.45, 2.75) is 32.1 Å². The molecule has 3 aromatic rings. The average Bonchev–Trinajstić information content (AvgIpc) is 2.79. The van der Waals surface area contributed by atoms with Crippen molar-refractivity contribution in [1.82, 2.24) is 4.31 Å². The molecule has 1 N–H and O–H groups in total. The van der Waals surface area contributed by atoms with Gasteiger partial charge in [-0.2, -0.15) is 4.31 Å². The Bertz CT molecular complexity index is 1180. The van der Waals surface area contributed by atoms with E-state index in [-0.39, 0.29) is 23.9 Å². The van der Waals surface area contributed by atoms with Crippen LogP contribution in [-0.2, 0) is 21.2 Å². The van der Waals surface area contributed by atoms with Gasteiger partial charge in [-0.15, -0.1) is 0 Å². The van der Waals surface area contributed by atoms with Gasteiger partial charge in [0.05, 0.1) is 18.6 Å². The van der Waals surface area contributed by atoms with E-state index in [9.17, 15) is 13.2 Å². The van der Waals surface area contributed by atoms with Crippen LogP contribution in [0.5, 0.6) is 5.75 Å². The number of amides is 1. The summed E-state index contributed by atoms with van der Waals surface area (Å²) < 4.78 is 33.2. The maximum atomic E-state index is 13.4. The Morgan fingerprint density at radius 1 is 0.939 bits per heavy atom. The third-order valence-corrected chi connectivity index (χ3v) is 7.31. The normalized spacial score (nSPS) is 11.4. The summed E-state index contributed by atoms with van der Waals surface area (Å²) >= 11 is 0. The number of nitrogens with zero attached hydrogens (tertiary/aromatic N) is 1. The van der Waals surface area contributed by atoms with Crippen molar-refractivity contribution in [1.29, 1.82) is 0 Å². The first kappa shape index (κ1) is 24.5. The molecule has 0 aromatic heterocycles. The molecule has 0 unspecified atom stereocenters. The van der Waals surface area contributed by atoms with Crippen LogP contribution in [0.1, 0.15) is 22.3 Å². The lowest BCUT2D eigenvalue weighted by Gasteiger charge is -2.23. The number of sulfonamides is 1. The first-order chi connectivity index (χ1) is 15.7. The molecule has 6 nitrogen and oxygen atoms in total. The molecule has 7 heteroatoms. The Balaban J connectivity index is 1.85. The summed E-state index contributed by atoms with van der Waals surface area (Å²) in [7, 11) is -2.37. The lowest BCUT2D eigenvalue weighted by Crippen LogP contribution is -2.39. The number of nitrogens with one attached hydrogen (secondary N) is 1. The topological polar surface area (TPSA) is 75.7 Å². The van der Waals surface area contributed by atoms with Gasteiger partial charge in [-0.25, -0.2) is 8.42 Å². The predicted molar refractivity (Wildman–Crippen MR) is 131 cm³/mol. The Hall–Kier alpha value is -3.16. The van der Waals surface area contributed by atoms with E-state index in [2.05, 4.69) is 5.32 Å². The van der Waals surface area contributed by atoms with Crippen LogP contribution >= 0.6 is 0 Å². The highest BCUT2D eigenvalue weighted by molar-refractivity contribution is 7.89. The monoisotopic (exact) mass is 466 g/mol. The van der Waals surface area contributed by atoms with Gasteiger partial charge < -0.3 is 10.1 Å². The van der Waals surface area contributed by atoms with Crippen LogP contribution in [-0.4, -0.2) is 38.8 Å². The molecule has 174 valence electrons. The maximum Gasteiger partial charge on any atom is 0.243 e. The van der Waals surface area contributed by atoms with Gasteiger partial charge in [0.2, 0.25) is 15.9 Å². The Morgan fingerprint density at radius 2 is 1.55 bits per heavy atom. The number of hydrogen-bond donors (Lipinski definition) is 1. The minimum atomic E-state index is -3.89. The van der Waals surface area contributed by atoms with Gasteiger partial charge in [-0.3, -0.25) is 4.79 Å². The predicted octanol–water partition coefficient (Wildman–Crippen LogP) is 4.49. The molecule has 3 rings (SSSR count). The van der Waals surface area contributed by atoms with Gasteiger partial charge in [0.15, 0.2) is 0 Å². The maximum absolute atomic E-state index is 13.4. The van der Waals surface area contributed by atoms with Gasteiger partial charge in [0.25, 0.3) is 0 Å². The fourth-order valence-electron chi connectivity index (χ4n) is 3.80. The van der Waals surface area contributed by atoms with Crippen molar-refractivity contribution in [3.05, 3.63) is 89.0 Å². The molecule has 0 spiro atoms. The third-order valence-electron chi connectivity index (χ3n) is 5.45. The number of methoxy groups -OCH3 is 1. The van der Waals surface area contributed by atoms with Crippen molar-refractivity contribution in [3.8, 4) is 5.75 Å². The molecule has 0 aliphatic heterocycles. The molecule has 0 bridgehead atoms. The van der Waals surface area contributed by atoms with Gasteiger partial charge in [0, 0.05) is 12.2 Å². The van der Waals surface area contributed by atoms with Gasteiger partial charge >= 0.3 is 0 Å². The summed E-state index contributed by atoms with van der Waals surface area (Å²) in [5.41, 5.74) is 4.70. The van der Waals surface area contributed by atoms with Crippen LogP contribution in [0.4, 0.5) is 5.69 Å². The zero-order chi connectivity index (χ0) is 24.0. The van der Waals surface area contributed by atoms with Crippen LogP contribution in [0.3, 0.4) is 0 Å². The highest BCUT2D eigenvalue weighted by Gasteiger charge is 2.27. The zero-order valence-electron chi connectivity index (χ0n) is 19.5. The van der Waals surface area contributed by atoms with E-state index in [1.807, 2.05) is 63.2 Å². The first-order valence-corrected chi connectivity index (χ1v) is 12.2. The number of carbonyl (C=O) groups is 1. The van der Waals surface area contributed by atoms with Crippen molar-refractivity contribution >= 4 is 21.6 Å².